The first kappa shape index (κ1) is 16.1. The number of carbonyl (C=O) groups excluding carboxylic acids is 1. The lowest BCUT2D eigenvalue weighted by atomic mass is 10.1. The third-order valence-electron chi connectivity index (χ3n) is 2.46. The Labute approximate surface area is 115 Å². The zero-order chi connectivity index (χ0) is 15.3. The second-order valence-electron chi connectivity index (χ2n) is 4.10. The Balaban J connectivity index is 2.65. The molecule has 1 unspecified atom stereocenters. The van der Waals surface area contributed by atoms with E-state index in [1.165, 1.54) is 24.3 Å². The highest BCUT2D eigenvalue weighted by Crippen LogP contribution is 2.13. The van der Waals surface area contributed by atoms with Gasteiger partial charge >= 0.3 is 5.97 Å². The molecule has 0 aliphatic heterocycles. The van der Waals surface area contributed by atoms with E-state index in [2.05, 4.69) is 5.32 Å². The van der Waals surface area contributed by atoms with Crippen LogP contribution in [0, 0.1) is 0 Å². The Bertz CT molecular complexity index is 597. The number of aliphatic carboxylic acids is 1. The van der Waals surface area contributed by atoms with Crippen LogP contribution in [0.15, 0.2) is 29.2 Å². The van der Waals surface area contributed by atoms with Crippen LogP contribution < -0.4 is 16.2 Å². The van der Waals surface area contributed by atoms with Crippen LogP contribution in [0.2, 0.25) is 0 Å². The van der Waals surface area contributed by atoms with Gasteiger partial charge in [0.05, 0.1) is 10.9 Å². The molecule has 0 aromatic heterocycles. The highest BCUT2D eigenvalue weighted by Gasteiger charge is 2.15. The summed E-state index contributed by atoms with van der Waals surface area (Å²) in [5, 5.41) is 15.9. The highest BCUT2D eigenvalue weighted by atomic mass is 32.2. The van der Waals surface area contributed by atoms with E-state index in [0.717, 1.165) is 0 Å². The molecule has 9 heteroatoms. The summed E-state index contributed by atoms with van der Waals surface area (Å²) in [5.74, 6) is -1.58. The summed E-state index contributed by atoms with van der Waals surface area (Å²) in [6.07, 6.45) is -0.199. The van der Waals surface area contributed by atoms with E-state index in [9.17, 15) is 18.0 Å². The van der Waals surface area contributed by atoms with Crippen molar-refractivity contribution in [2.45, 2.75) is 23.8 Å². The predicted octanol–water partition coefficient (Wildman–Crippen LogP) is -0.535. The molecule has 20 heavy (non-hydrogen) atoms. The minimum absolute atomic E-state index is 0.0103. The molecule has 0 saturated carbocycles. The number of sulfonamides is 1. The van der Waals surface area contributed by atoms with Crippen LogP contribution in [0.1, 0.15) is 12.8 Å². The van der Waals surface area contributed by atoms with Gasteiger partial charge in [0.25, 0.3) is 0 Å². The van der Waals surface area contributed by atoms with Crippen LogP contribution >= 0.6 is 0 Å². The normalized spacial score (nSPS) is 12.7. The molecule has 0 aliphatic rings. The molecule has 1 atom stereocenters. The van der Waals surface area contributed by atoms with Gasteiger partial charge < -0.3 is 16.2 Å². The van der Waals surface area contributed by atoms with Gasteiger partial charge in [-0.05, 0) is 30.7 Å². The maximum absolute atomic E-state index is 11.6. The maximum Gasteiger partial charge on any atom is 0.303 e. The Kier molecular flexibility index (Phi) is 5.19. The second-order valence-corrected chi connectivity index (χ2v) is 5.66. The number of anilines is 1. The van der Waals surface area contributed by atoms with Gasteiger partial charge in [-0.2, -0.15) is 0 Å². The van der Waals surface area contributed by atoms with Crippen molar-refractivity contribution in [2.24, 2.45) is 10.9 Å². The summed E-state index contributed by atoms with van der Waals surface area (Å²) in [7, 11) is -3.79. The molecular weight excluding hydrogens is 286 g/mol. The van der Waals surface area contributed by atoms with Gasteiger partial charge in [-0.3, -0.25) is 9.59 Å². The lowest BCUT2D eigenvalue weighted by Crippen LogP contribution is -2.36. The highest BCUT2D eigenvalue weighted by molar-refractivity contribution is 7.89. The van der Waals surface area contributed by atoms with Crippen molar-refractivity contribution in [1.29, 1.82) is 0 Å². The number of benzene rings is 1. The summed E-state index contributed by atoms with van der Waals surface area (Å²) in [5.41, 5.74) is 5.86. The van der Waals surface area contributed by atoms with E-state index >= 15 is 0 Å². The lowest BCUT2D eigenvalue weighted by molar-refractivity contribution is -0.137. The third kappa shape index (κ3) is 4.96. The van der Waals surface area contributed by atoms with Crippen molar-refractivity contribution in [3.8, 4) is 0 Å². The molecule has 1 amide bonds. The minimum Gasteiger partial charge on any atom is -0.481 e. The molecule has 6 N–H and O–H groups in total. The first-order valence-corrected chi connectivity index (χ1v) is 7.16. The van der Waals surface area contributed by atoms with Crippen molar-refractivity contribution in [3.05, 3.63) is 24.3 Å². The third-order valence-corrected chi connectivity index (χ3v) is 3.39. The summed E-state index contributed by atoms with van der Waals surface area (Å²) in [4.78, 5) is 21.9. The molecule has 8 nitrogen and oxygen atoms in total. The summed E-state index contributed by atoms with van der Waals surface area (Å²) >= 11 is 0. The van der Waals surface area contributed by atoms with Gasteiger partial charge in [0, 0.05) is 12.1 Å². The number of amides is 1. The van der Waals surface area contributed by atoms with Crippen LogP contribution in [-0.4, -0.2) is 31.4 Å². The molecule has 1 aromatic rings. The number of carboxylic acid groups (broad SMARTS) is 1. The largest absolute Gasteiger partial charge is 0.481 e. The fourth-order valence-electron chi connectivity index (χ4n) is 1.37. The molecule has 1 aromatic carbocycles. The van der Waals surface area contributed by atoms with Crippen molar-refractivity contribution in [2.75, 3.05) is 5.32 Å². The summed E-state index contributed by atoms with van der Waals surface area (Å²) < 4.78 is 22.1. The van der Waals surface area contributed by atoms with Gasteiger partial charge in [-0.15, -0.1) is 0 Å². The first-order valence-electron chi connectivity index (χ1n) is 5.61. The van der Waals surface area contributed by atoms with Crippen LogP contribution in [0.4, 0.5) is 5.69 Å². The fourth-order valence-corrected chi connectivity index (χ4v) is 1.89. The number of primary sulfonamides is 1. The van der Waals surface area contributed by atoms with E-state index in [-0.39, 0.29) is 17.7 Å². The predicted molar refractivity (Wildman–Crippen MR) is 71.3 cm³/mol. The number of carboxylic acids is 1. The smallest absolute Gasteiger partial charge is 0.303 e. The SMILES string of the molecule is NC(CCC(=O)O)C(=O)Nc1ccc(S(N)(=O)=O)cc1. The first-order chi connectivity index (χ1) is 9.20. The van der Waals surface area contributed by atoms with E-state index in [0.29, 0.717) is 5.69 Å². The van der Waals surface area contributed by atoms with E-state index in [1.54, 1.807) is 0 Å². The molecule has 0 spiro atoms. The Hall–Kier alpha value is -1.97. The van der Waals surface area contributed by atoms with E-state index in [4.69, 9.17) is 16.0 Å². The minimum atomic E-state index is -3.79. The maximum atomic E-state index is 11.6. The number of nitrogens with two attached hydrogens (primary N) is 2. The van der Waals surface area contributed by atoms with E-state index in [1.807, 2.05) is 0 Å². The quantitative estimate of drug-likeness (QED) is 0.553. The van der Waals surface area contributed by atoms with Crippen molar-refractivity contribution < 1.29 is 23.1 Å². The van der Waals surface area contributed by atoms with Crippen LogP contribution in [0.5, 0.6) is 0 Å². The van der Waals surface area contributed by atoms with Gasteiger partial charge in [0.15, 0.2) is 0 Å². The number of rotatable bonds is 6. The molecule has 1 rings (SSSR count). The summed E-state index contributed by atoms with van der Waals surface area (Å²) in [6, 6.07) is 4.26. The Morgan fingerprint density at radius 3 is 2.25 bits per heavy atom. The van der Waals surface area contributed by atoms with Crippen LogP contribution in [-0.2, 0) is 19.6 Å². The number of nitrogens with one attached hydrogen (secondary N) is 1. The van der Waals surface area contributed by atoms with Gasteiger partial charge in [0.2, 0.25) is 15.9 Å². The summed E-state index contributed by atoms with van der Waals surface area (Å²) in [6.45, 7) is 0. The average molecular weight is 301 g/mol. The molecule has 0 radical (unpaired) electrons. The molecule has 0 fully saturated rings. The Morgan fingerprint density at radius 1 is 1.25 bits per heavy atom. The van der Waals surface area contributed by atoms with Gasteiger partial charge in [-0.25, -0.2) is 13.6 Å². The van der Waals surface area contributed by atoms with Gasteiger partial charge in [-0.1, -0.05) is 0 Å². The van der Waals surface area contributed by atoms with E-state index < -0.39 is 27.9 Å². The van der Waals surface area contributed by atoms with Crippen molar-refractivity contribution >= 4 is 27.6 Å². The van der Waals surface area contributed by atoms with Crippen LogP contribution in [0.25, 0.3) is 0 Å². The molecule has 0 bridgehead atoms. The molecular formula is C11H15N3O5S. The molecule has 110 valence electrons. The zero-order valence-corrected chi connectivity index (χ0v) is 11.3. The van der Waals surface area contributed by atoms with Crippen LogP contribution in [0.3, 0.4) is 0 Å². The molecule has 0 aliphatic carbocycles. The zero-order valence-electron chi connectivity index (χ0n) is 10.4. The number of hydrogen-bond donors (Lipinski definition) is 4. The molecule has 0 saturated heterocycles. The fraction of sp³-hybridized carbons (Fsp3) is 0.273. The van der Waals surface area contributed by atoms with Crippen molar-refractivity contribution in [3.63, 3.8) is 0 Å². The second kappa shape index (κ2) is 6.46. The molecule has 0 heterocycles. The number of hydrogen-bond acceptors (Lipinski definition) is 5. The number of carbonyl (C=O) groups is 2. The van der Waals surface area contributed by atoms with Crippen molar-refractivity contribution in [1.82, 2.24) is 0 Å². The standard InChI is InChI=1S/C11H15N3O5S/c12-9(5-6-10(15)16)11(17)14-7-1-3-8(4-2-7)20(13,18)19/h1-4,9H,5-6,12H2,(H,14,17)(H,15,16)(H2,13,18,19). The monoisotopic (exact) mass is 301 g/mol. The topological polar surface area (TPSA) is 153 Å². The van der Waals surface area contributed by atoms with Gasteiger partial charge in [0.1, 0.15) is 0 Å². The average Bonchev–Trinajstić information content (AvgIpc) is 2.35. The lowest BCUT2D eigenvalue weighted by Gasteiger charge is -2.11. The Morgan fingerprint density at radius 2 is 1.80 bits per heavy atom.